The number of benzene rings is 1. The molecule has 1 N–H and O–H groups in total. The Morgan fingerprint density at radius 2 is 2.18 bits per heavy atom. The molecule has 8 heteroatoms. The van der Waals surface area contributed by atoms with Crippen LogP contribution in [0.15, 0.2) is 23.1 Å². The Morgan fingerprint density at radius 3 is 2.73 bits per heavy atom. The molecule has 0 bridgehead atoms. The molecule has 1 aliphatic heterocycles. The Bertz CT molecular complexity index is 691. The first kappa shape index (κ1) is 17.3. The first-order chi connectivity index (χ1) is 10.3. The predicted octanol–water partition coefficient (Wildman–Crippen LogP) is 4.06. The lowest BCUT2D eigenvalue weighted by atomic mass is 10.2. The van der Waals surface area contributed by atoms with Crippen molar-refractivity contribution in [3.63, 3.8) is 0 Å². The zero-order valence-corrected chi connectivity index (χ0v) is 14.5. The van der Waals surface area contributed by atoms with Gasteiger partial charge >= 0.3 is 5.97 Å². The van der Waals surface area contributed by atoms with Crippen molar-refractivity contribution >= 4 is 69.5 Å². The van der Waals surface area contributed by atoms with E-state index in [1.165, 1.54) is 0 Å². The van der Waals surface area contributed by atoms with E-state index in [0.717, 1.165) is 16.7 Å². The molecule has 1 aromatic rings. The van der Waals surface area contributed by atoms with Crippen LogP contribution in [0.25, 0.3) is 6.08 Å². The summed E-state index contributed by atoms with van der Waals surface area (Å²) in [6.07, 6.45) is 1.86. The standard InChI is InChI=1S/C14H11Cl2NO3S2/c1-2-10(13(19)20)17-12(18)11(22-14(17)21)5-7-3-4-8(15)6-9(7)16/h3-6,10H,2H2,1H3,(H,19,20)/b11-5-. The van der Waals surface area contributed by atoms with Gasteiger partial charge in [-0.1, -0.05) is 60.2 Å². The van der Waals surface area contributed by atoms with Gasteiger partial charge in [0.25, 0.3) is 5.91 Å². The number of carbonyl (C=O) groups is 2. The molecule has 0 radical (unpaired) electrons. The summed E-state index contributed by atoms with van der Waals surface area (Å²) in [5.74, 6) is -1.50. The number of carbonyl (C=O) groups excluding carboxylic acids is 1. The van der Waals surface area contributed by atoms with Gasteiger partial charge in [0.05, 0.1) is 4.91 Å². The van der Waals surface area contributed by atoms with Crippen molar-refractivity contribution in [2.75, 3.05) is 0 Å². The van der Waals surface area contributed by atoms with Crippen molar-refractivity contribution in [1.82, 2.24) is 4.90 Å². The van der Waals surface area contributed by atoms with E-state index in [0.29, 0.717) is 20.5 Å². The minimum absolute atomic E-state index is 0.232. The maximum absolute atomic E-state index is 12.4. The molecule has 2 rings (SSSR count). The van der Waals surface area contributed by atoms with E-state index in [4.69, 9.17) is 35.4 Å². The van der Waals surface area contributed by atoms with Crippen molar-refractivity contribution in [3.8, 4) is 0 Å². The van der Waals surface area contributed by atoms with Crippen LogP contribution in [0.5, 0.6) is 0 Å². The highest BCUT2D eigenvalue weighted by molar-refractivity contribution is 8.26. The number of carboxylic acid groups (broad SMARTS) is 1. The minimum Gasteiger partial charge on any atom is -0.480 e. The maximum Gasteiger partial charge on any atom is 0.326 e. The molecule has 1 heterocycles. The number of thiocarbonyl (C=S) groups is 1. The smallest absolute Gasteiger partial charge is 0.326 e. The number of rotatable bonds is 4. The summed E-state index contributed by atoms with van der Waals surface area (Å²) in [5.41, 5.74) is 0.620. The van der Waals surface area contributed by atoms with Crippen LogP contribution in [-0.4, -0.2) is 32.2 Å². The quantitative estimate of drug-likeness (QED) is 0.635. The van der Waals surface area contributed by atoms with Crippen molar-refractivity contribution in [2.45, 2.75) is 19.4 Å². The van der Waals surface area contributed by atoms with Gasteiger partial charge in [-0.3, -0.25) is 9.69 Å². The van der Waals surface area contributed by atoms with E-state index in [2.05, 4.69) is 0 Å². The second-order valence-corrected chi connectivity index (χ2v) is 7.00. The molecule has 0 saturated carbocycles. The van der Waals surface area contributed by atoms with Crippen LogP contribution in [0.3, 0.4) is 0 Å². The van der Waals surface area contributed by atoms with Gasteiger partial charge in [0, 0.05) is 10.0 Å². The Labute approximate surface area is 147 Å². The predicted molar refractivity (Wildman–Crippen MR) is 93.2 cm³/mol. The van der Waals surface area contributed by atoms with Crippen LogP contribution in [-0.2, 0) is 9.59 Å². The topological polar surface area (TPSA) is 57.6 Å². The molecule has 1 fully saturated rings. The van der Waals surface area contributed by atoms with E-state index >= 15 is 0 Å². The summed E-state index contributed by atoms with van der Waals surface area (Å²) in [5, 5.41) is 10.1. The normalized spacial score (nSPS) is 18.1. The minimum atomic E-state index is -1.08. The zero-order valence-electron chi connectivity index (χ0n) is 11.4. The molecule has 1 amide bonds. The Hall–Kier alpha value is -1.08. The van der Waals surface area contributed by atoms with Crippen LogP contribution in [0.4, 0.5) is 0 Å². The number of aliphatic carboxylic acids is 1. The Kier molecular flexibility index (Phi) is 5.50. The molecule has 1 unspecified atom stereocenters. The molecule has 22 heavy (non-hydrogen) atoms. The van der Waals surface area contributed by atoms with Gasteiger partial charge in [-0.05, 0) is 30.2 Å². The Morgan fingerprint density at radius 1 is 1.50 bits per heavy atom. The van der Waals surface area contributed by atoms with Gasteiger partial charge in [-0.2, -0.15) is 0 Å². The van der Waals surface area contributed by atoms with E-state index in [-0.39, 0.29) is 10.7 Å². The largest absolute Gasteiger partial charge is 0.480 e. The summed E-state index contributed by atoms with van der Waals surface area (Å²) < 4.78 is 0.232. The first-order valence-corrected chi connectivity index (χ1v) is 8.28. The highest BCUT2D eigenvalue weighted by atomic mass is 35.5. The molecule has 1 atom stereocenters. The molecule has 1 aromatic carbocycles. The van der Waals surface area contributed by atoms with E-state index in [9.17, 15) is 14.7 Å². The van der Waals surface area contributed by atoms with Crippen molar-refractivity contribution in [2.24, 2.45) is 0 Å². The summed E-state index contributed by atoms with van der Waals surface area (Å²) >= 11 is 18.1. The van der Waals surface area contributed by atoms with Crippen LogP contribution in [0.1, 0.15) is 18.9 Å². The van der Waals surface area contributed by atoms with Crippen LogP contribution in [0, 0.1) is 0 Å². The van der Waals surface area contributed by atoms with Gasteiger partial charge in [0.1, 0.15) is 10.4 Å². The van der Waals surface area contributed by atoms with Crippen LogP contribution < -0.4 is 0 Å². The maximum atomic E-state index is 12.4. The summed E-state index contributed by atoms with van der Waals surface area (Å²) in [6, 6.07) is 3.96. The summed E-state index contributed by atoms with van der Waals surface area (Å²) in [6.45, 7) is 1.69. The van der Waals surface area contributed by atoms with E-state index < -0.39 is 17.9 Å². The molecule has 0 aromatic heterocycles. The fourth-order valence-electron chi connectivity index (χ4n) is 1.98. The number of thioether (sulfide) groups is 1. The van der Waals surface area contributed by atoms with E-state index in [1.54, 1.807) is 31.2 Å². The highest BCUT2D eigenvalue weighted by Gasteiger charge is 2.39. The zero-order chi connectivity index (χ0) is 16.4. The molecule has 1 aliphatic rings. The fraction of sp³-hybridized carbons (Fsp3) is 0.214. The molecule has 0 aliphatic carbocycles. The number of hydrogen-bond donors (Lipinski definition) is 1. The third-order valence-electron chi connectivity index (χ3n) is 3.06. The molecular weight excluding hydrogens is 365 g/mol. The van der Waals surface area contributed by atoms with Crippen LogP contribution in [0.2, 0.25) is 10.0 Å². The highest BCUT2D eigenvalue weighted by Crippen LogP contribution is 2.35. The van der Waals surface area contributed by atoms with E-state index in [1.807, 2.05) is 0 Å². The Balaban J connectivity index is 2.35. The lowest BCUT2D eigenvalue weighted by molar-refractivity contribution is -0.145. The fourth-order valence-corrected chi connectivity index (χ4v) is 3.79. The lowest BCUT2D eigenvalue weighted by Gasteiger charge is -2.21. The first-order valence-electron chi connectivity index (χ1n) is 6.30. The van der Waals surface area contributed by atoms with Crippen molar-refractivity contribution in [1.29, 1.82) is 0 Å². The number of carboxylic acids is 1. The average Bonchev–Trinajstić information content (AvgIpc) is 2.70. The molecular formula is C14H11Cl2NO3S2. The van der Waals surface area contributed by atoms with Crippen molar-refractivity contribution in [3.05, 3.63) is 38.7 Å². The summed E-state index contributed by atoms with van der Waals surface area (Å²) in [4.78, 5) is 25.1. The molecule has 116 valence electrons. The number of amides is 1. The number of halogens is 2. The number of hydrogen-bond acceptors (Lipinski definition) is 4. The van der Waals surface area contributed by atoms with Gasteiger partial charge in [-0.25, -0.2) is 4.79 Å². The van der Waals surface area contributed by atoms with Gasteiger partial charge < -0.3 is 5.11 Å². The third kappa shape index (κ3) is 3.46. The summed E-state index contributed by atoms with van der Waals surface area (Å²) in [7, 11) is 0. The van der Waals surface area contributed by atoms with Gasteiger partial charge in [0.2, 0.25) is 0 Å². The van der Waals surface area contributed by atoms with Crippen molar-refractivity contribution < 1.29 is 14.7 Å². The molecule has 1 saturated heterocycles. The molecule has 0 spiro atoms. The second-order valence-electron chi connectivity index (χ2n) is 4.48. The average molecular weight is 376 g/mol. The number of nitrogens with zero attached hydrogens (tertiary/aromatic N) is 1. The van der Waals surface area contributed by atoms with Gasteiger partial charge in [-0.15, -0.1) is 0 Å². The monoisotopic (exact) mass is 375 g/mol. The van der Waals surface area contributed by atoms with Gasteiger partial charge in [0.15, 0.2) is 0 Å². The third-order valence-corrected chi connectivity index (χ3v) is 4.95. The molecule has 4 nitrogen and oxygen atoms in total. The SMILES string of the molecule is CCC(C(=O)O)N1C(=O)/C(=C/c2ccc(Cl)cc2Cl)SC1=S. The lowest BCUT2D eigenvalue weighted by Crippen LogP contribution is -2.43. The van der Waals surface area contributed by atoms with Crippen LogP contribution >= 0.6 is 47.2 Å². The second kappa shape index (κ2) is 7.00.